The highest BCUT2D eigenvalue weighted by molar-refractivity contribution is 5.96. The van der Waals surface area contributed by atoms with Crippen molar-refractivity contribution in [2.75, 3.05) is 27.7 Å². The van der Waals surface area contributed by atoms with E-state index >= 15 is 0 Å². The number of amides is 8. The smallest absolute Gasteiger partial charge is 0.328 e. The summed E-state index contributed by atoms with van der Waals surface area (Å²) in [5, 5.41) is 32.1. The average molecular weight is 979 g/mol. The normalized spacial score (nSPS) is 16.9. The summed E-state index contributed by atoms with van der Waals surface area (Å²) in [5.41, 5.74) is 6.88. The number of nitrogens with zero attached hydrogens (tertiary/aromatic N) is 3. The number of likely N-dealkylation sites (tertiary alicyclic amines) is 1. The highest BCUT2D eigenvalue weighted by Gasteiger charge is 2.41. The fraction of sp³-hybridized carbons (Fsp3) is 0.580. The van der Waals surface area contributed by atoms with Gasteiger partial charge in [0.05, 0.1) is 25.7 Å². The van der Waals surface area contributed by atoms with Crippen LogP contribution in [0.3, 0.4) is 0 Å². The Hall–Kier alpha value is -6.41. The van der Waals surface area contributed by atoms with Crippen molar-refractivity contribution in [1.82, 2.24) is 36.0 Å². The molecule has 1 unspecified atom stereocenters. The molecule has 1 aliphatic rings. The maximum absolute atomic E-state index is 14.2. The van der Waals surface area contributed by atoms with E-state index < -0.39 is 120 Å². The molecule has 2 aromatic carbocycles. The van der Waals surface area contributed by atoms with Crippen LogP contribution < -0.4 is 27.0 Å². The van der Waals surface area contributed by atoms with E-state index in [1.54, 1.807) is 56.3 Å². The second kappa shape index (κ2) is 27.7. The first-order chi connectivity index (χ1) is 33.0. The number of benzene rings is 2. The molecule has 2 aromatic rings. The molecule has 1 fully saturated rings. The number of rotatable bonds is 26. The molecule has 9 atom stereocenters. The van der Waals surface area contributed by atoms with Crippen molar-refractivity contribution in [2.24, 2.45) is 17.6 Å². The van der Waals surface area contributed by atoms with Crippen LogP contribution in [0.15, 0.2) is 60.7 Å². The van der Waals surface area contributed by atoms with Gasteiger partial charge in [0, 0.05) is 33.5 Å². The molecule has 8 amide bonds. The van der Waals surface area contributed by atoms with Gasteiger partial charge < -0.3 is 56.7 Å². The highest BCUT2D eigenvalue weighted by Crippen LogP contribution is 2.23. The maximum Gasteiger partial charge on any atom is 0.328 e. The summed E-state index contributed by atoms with van der Waals surface area (Å²) in [7, 11) is 4.02. The number of esters is 1. The van der Waals surface area contributed by atoms with E-state index in [0.717, 1.165) is 10.5 Å². The summed E-state index contributed by atoms with van der Waals surface area (Å²) in [6.07, 6.45) is -2.88. The largest absolute Gasteiger partial charge is 0.467 e. The molecule has 1 aliphatic heterocycles. The molecule has 8 N–H and O–H groups in total. The van der Waals surface area contributed by atoms with Crippen molar-refractivity contribution in [3.8, 4) is 0 Å². The van der Waals surface area contributed by atoms with Crippen LogP contribution in [0.5, 0.6) is 0 Å². The lowest BCUT2D eigenvalue weighted by molar-refractivity contribution is -0.154. The molecule has 0 saturated carbocycles. The number of aliphatic hydroxyl groups excluding tert-OH is 2. The number of likely N-dealkylation sites (N-methyl/N-ethyl adjacent to an activating group) is 2. The monoisotopic (exact) mass is 979 g/mol. The Labute approximate surface area is 410 Å². The van der Waals surface area contributed by atoms with Gasteiger partial charge in [0.2, 0.25) is 47.3 Å². The number of carbonyl (C=O) groups is 9. The third-order valence-corrected chi connectivity index (χ3v) is 12.3. The first-order valence-corrected chi connectivity index (χ1v) is 23.8. The van der Waals surface area contributed by atoms with Gasteiger partial charge in [-0.25, -0.2) is 4.79 Å². The molecule has 20 nitrogen and oxygen atoms in total. The number of nitrogens with one attached hydrogen (secondary N) is 4. The van der Waals surface area contributed by atoms with Crippen molar-refractivity contribution < 1.29 is 58.1 Å². The Morgan fingerprint density at radius 2 is 1.31 bits per heavy atom. The van der Waals surface area contributed by atoms with Crippen LogP contribution >= 0.6 is 0 Å². The summed E-state index contributed by atoms with van der Waals surface area (Å²) >= 11 is 0. The molecule has 1 heterocycles. The SMILES string of the molecule is COC(=O)[C@@H]1CCCN1C(=O)[C@H](Cc1ccccc1)N(C)C(=O)[C@H](C)NC(=O)[C@H](CC(C)C)NC(=O)C[C@H](O)[C@H](Cc1ccccc1)NC(=O)[C@H](CCC(N)=O)N(C)C(=O)C(NC(=O)[C@H](C)O)C(C)C. The van der Waals surface area contributed by atoms with Gasteiger partial charge in [-0.1, -0.05) is 88.4 Å². The number of aliphatic hydroxyl groups is 2. The molecule has 386 valence electrons. The van der Waals surface area contributed by atoms with Gasteiger partial charge in [-0.2, -0.15) is 0 Å². The van der Waals surface area contributed by atoms with E-state index in [-0.39, 0.29) is 38.0 Å². The molecule has 0 aliphatic carbocycles. The Balaban J connectivity index is 1.83. The quantitative estimate of drug-likeness (QED) is 0.0629. The molecule has 3 rings (SSSR count). The van der Waals surface area contributed by atoms with Gasteiger partial charge in [-0.05, 0) is 68.9 Å². The Morgan fingerprint density at radius 3 is 1.84 bits per heavy atom. The minimum Gasteiger partial charge on any atom is -0.467 e. The molecule has 0 bridgehead atoms. The molecule has 0 radical (unpaired) electrons. The first-order valence-electron chi connectivity index (χ1n) is 23.8. The summed E-state index contributed by atoms with van der Waals surface area (Å²) in [6, 6.07) is 9.96. The van der Waals surface area contributed by atoms with Crippen molar-refractivity contribution in [3.05, 3.63) is 71.8 Å². The second-order valence-corrected chi connectivity index (χ2v) is 18.8. The lowest BCUT2D eigenvalue weighted by Crippen LogP contribution is -2.59. The third kappa shape index (κ3) is 17.2. The Morgan fingerprint density at radius 1 is 0.743 bits per heavy atom. The van der Waals surface area contributed by atoms with Crippen LogP contribution in [0.25, 0.3) is 0 Å². The number of hydrogen-bond donors (Lipinski definition) is 7. The predicted octanol–water partition coefficient (Wildman–Crippen LogP) is 0.348. The minimum atomic E-state index is -1.57. The van der Waals surface area contributed by atoms with Gasteiger partial charge in [-0.3, -0.25) is 38.4 Å². The number of ether oxygens (including phenoxy) is 1. The maximum atomic E-state index is 14.2. The Bertz CT molecular complexity index is 2110. The summed E-state index contributed by atoms with van der Waals surface area (Å²) < 4.78 is 4.95. The molecule has 0 spiro atoms. The van der Waals surface area contributed by atoms with Gasteiger partial charge in [0.25, 0.3) is 0 Å². The molecule has 1 saturated heterocycles. The van der Waals surface area contributed by atoms with Crippen LogP contribution in [-0.4, -0.2) is 160 Å². The number of nitrogens with two attached hydrogens (primary N) is 1. The van der Waals surface area contributed by atoms with E-state index in [1.165, 1.54) is 44.9 Å². The Kier molecular flexibility index (Phi) is 22.9. The van der Waals surface area contributed by atoms with E-state index in [0.29, 0.717) is 24.9 Å². The molecule has 0 aromatic heterocycles. The van der Waals surface area contributed by atoms with Crippen LogP contribution in [0.4, 0.5) is 0 Å². The van der Waals surface area contributed by atoms with Crippen molar-refractivity contribution in [3.63, 3.8) is 0 Å². The van der Waals surface area contributed by atoms with E-state index in [1.807, 2.05) is 32.0 Å². The van der Waals surface area contributed by atoms with Gasteiger partial charge in [-0.15, -0.1) is 0 Å². The number of methoxy groups -OCH3 is 1. The molecular formula is C50H74N8O12. The second-order valence-electron chi connectivity index (χ2n) is 18.8. The molecule has 20 heteroatoms. The summed E-state index contributed by atoms with van der Waals surface area (Å²) in [5.74, 6) is -6.73. The number of hydrogen-bond acceptors (Lipinski definition) is 12. The minimum absolute atomic E-state index is 0.0121. The highest BCUT2D eigenvalue weighted by atomic mass is 16.5. The van der Waals surface area contributed by atoms with Crippen LogP contribution in [0, 0.1) is 11.8 Å². The topological polar surface area (TPSA) is 287 Å². The van der Waals surface area contributed by atoms with Crippen molar-refractivity contribution >= 4 is 53.2 Å². The van der Waals surface area contributed by atoms with E-state index in [4.69, 9.17) is 10.5 Å². The zero-order chi connectivity index (χ0) is 52.4. The summed E-state index contributed by atoms with van der Waals surface area (Å²) in [6.45, 7) is 9.97. The lowest BCUT2D eigenvalue weighted by Gasteiger charge is -2.34. The summed E-state index contributed by atoms with van der Waals surface area (Å²) in [4.78, 5) is 125. The lowest BCUT2D eigenvalue weighted by atomic mass is 9.96. The zero-order valence-corrected chi connectivity index (χ0v) is 41.9. The van der Waals surface area contributed by atoms with Crippen LogP contribution in [0.2, 0.25) is 0 Å². The van der Waals surface area contributed by atoms with Crippen molar-refractivity contribution in [1.29, 1.82) is 0 Å². The first kappa shape index (κ1) is 57.9. The zero-order valence-electron chi connectivity index (χ0n) is 41.9. The van der Waals surface area contributed by atoms with Crippen LogP contribution in [-0.2, 0) is 60.7 Å². The average Bonchev–Trinajstić information content (AvgIpc) is 3.81. The number of carbonyl (C=O) groups excluding carboxylic acids is 9. The van der Waals surface area contributed by atoms with Crippen LogP contribution in [0.1, 0.15) is 91.2 Å². The molecular weight excluding hydrogens is 905 g/mol. The standard InChI is InChI=1S/C50H74N8O12/c1-29(2)25-36(45(64)52-31(5)47(66)57(8)39(27-34-19-14-11-15-20-34)48(67)58-24-16-21-38(58)50(69)70-9)53-42(62)28-40(60)35(26-33-17-12-10-13-18-33)54-46(65)37(22-23-41(51)61)56(7)49(68)43(30(3)4)55-44(63)32(6)59/h10-15,17-20,29-32,35-40,43,59-60H,16,21-28H2,1-9H3,(H2,51,61)(H,52,64)(H,53,62)(H,54,65)(H,55,63)/t31-,32-,35-,36-,37-,38-,39-,40-,43?/m0/s1. The third-order valence-electron chi connectivity index (χ3n) is 12.3. The number of primary amides is 1. The molecule has 70 heavy (non-hydrogen) atoms. The fourth-order valence-corrected chi connectivity index (χ4v) is 8.32. The van der Waals surface area contributed by atoms with E-state index in [2.05, 4.69) is 21.3 Å². The van der Waals surface area contributed by atoms with Gasteiger partial charge in [0.15, 0.2) is 0 Å². The van der Waals surface area contributed by atoms with E-state index in [9.17, 15) is 53.4 Å². The van der Waals surface area contributed by atoms with Crippen molar-refractivity contribution in [2.45, 2.75) is 147 Å². The predicted molar refractivity (Wildman–Crippen MR) is 259 cm³/mol. The fourth-order valence-electron chi connectivity index (χ4n) is 8.32. The van der Waals surface area contributed by atoms with Gasteiger partial charge in [0.1, 0.15) is 42.4 Å². The van der Waals surface area contributed by atoms with Gasteiger partial charge >= 0.3 is 5.97 Å².